The average Bonchev–Trinajstić information content (AvgIpc) is 2.35. The van der Waals surface area contributed by atoms with Crippen LogP contribution in [0.25, 0.3) is 0 Å². The Balaban J connectivity index is 1.97. The number of nitrogens with zero attached hydrogens (tertiary/aromatic N) is 1. The zero-order valence-corrected chi connectivity index (χ0v) is 13.3. The molecule has 2 atom stereocenters. The van der Waals surface area contributed by atoms with E-state index in [4.69, 9.17) is 23.2 Å². The van der Waals surface area contributed by atoms with Gasteiger partial charge in [-0.15, -0.1) is 0 Å². The van der Waals surface area contributed by atoms with Crippen LogP contribution in [0.1, 0.15) is 33.1 Å². The molecule has 1 N–H and O–H groups in total. The molecule has 0 saturated carbocycles. The third kappa shape index (κ3) is 3.80. The Hall–Kier alpha value is -0.930. The van der Waals surface area contributed by atoms with Gasteiger partial charge in [0.15, 0.2) is 0 Å². The fourth-order valence-corrected chi connectivity index (χ4v) is 3.36. The minimum atomic E-state index is 0.126. The first kappa shape index (κ1) is 15.5. The van der Waals surface area contributed by atoms with Crippen LogP contribution < -0.4 is 5.32 Å². The summed E-state index contributed by atoms with van der Waals surface area (Å²) in [6, 6.07) is 5.84. The lowest BCUT2D eigenvalue weighted by molar-refractivity contribution is -0.135. The van der Waals surface area contributed by atoms with Crippen LogP contribution in [0, 0.1) is 0 Å². The van der Waals surface area contributed by atoms with Crippen molar-refractivity contribution in [3.63, 3.8) is 0 Å². The first-order valence-electron chi connectivity index (χ1n) is 6.98. The highest BCUT2D eigenvalue weighted by Gasteiger charge is 2.28. The number of carbonyl (C=O) groups excluding carboxylic acids is 1. The lowest BCUT2D eigenvalue weighted by Crippen LogP contribution is -2.49. The van der Waals surface area contributed by atoms with E-state index in [0.717, 1.165) is 18.5 Å². The molecular weight excluding hydrogens is 295 g/mol. The number of nitrogens with one attached hydrogen (secondary N) is 1. The Morgan fingerprint density at radius 2 is 1.75 bits per heavy atom. The summed E-state index contributed by atoms with van der Waals surface area (Å²) in [5.41, 5.74) is 0.771. The second-order valence-corrected chi connectivity index (χ2v) is 6.31. The molecule has 2 unspecified atom stereocenters. The summed E-state index contributed by atoms with van der Waals surface area (Å²) in [4.78, 5) is 14.3. The van der Waals surface area contributed by atoms with Gasteiger partial charge in [0.1, 0.15) is 0 Å². The van der Waals surface area contributed by atoms with Gasteiger partial charge in [-0.25, -0.2) is 0 Å². The third-order valence-electron chi connectivity index (χ3n) is 3.79. The van der Waals surface area contributed by atoms with Crippen LogP contribution in [0.3, 0.4) is 0 Å². The molecule has 3 nitrogen and oxygen atoms in total. The van der Waals surface area contributed by atoms with Crippen molar-refractivity contribution < 1.29 is 4.79 Å². The molecule has 1 aromatic rings. The average molecular weight is 315 g/mol. The quantitative estimate of drug-likeness (QED) is 0.907. The van der Waals surface area contributed by atoms with E-state index in [1.165, 1.54) is 6.42 Å². The summed E-state index contributed by atoms with van der Waals surface area (Å²) in [5.74, 6) is 0.126. The molecule has 1 fully saturated rings. The van der Waals surface area contributed by atoms with Crippen molar-refractivity contribution in [2.45, 2.75) is 45.2 Å². The summed E-state index contributed by atoms with van der Waals surface area (Å²) in [6.45, 7) is 4.50. The molecule has 0 aromatic heterocycles. The fourth-order valence-electron chi connectivity index (χ4n) is 2.84. The van der Waals surface area contributed by atoms with Gasteiger partial charge in [0.2, 0.25) is 5.91 Å². The molecule has 0 bridgehead atoms. The number of likely N-dealkylation sites (tertiary alicyclic amines) is 1. The Morgan fingerprint density at radius 3 is 2.30 bits per heavy atom. The summed E-state index contributed by atoms with van der Waals surface area (Å²) in [6.07, 6.45) is 3.36. The summed E-state index contributed by atoms with van der Waals surface area (Å²) >= 11 is 11.9. The van der Waals surface area contributed by atoms with E-state index >= 15 is 0 Å². The predicted molar refractivity (Wildman–Crippen MR) is 84.6 cm³/mol. The maximum absolute atomic E-state index is 12.4. The monoisotopic (exact) mass is 314 g/mol. The van der Waals surface area contributed by atoms with Crippen molar-refractivity contribution >= 4 is 34.8 Å². The molecule has 110 valence electrons. The maximum Gasteiger partial charge on any atom is 0.242 e. The van der Waals surface area contributed by atoms with Crippen molar-refractivity contribution in [3.8, 4) is 0 Å². The van der Waals surface area contributed by atoms with Gasteiger partial charge in [-0.05, 0) is 51.3 Å². The van der Waals surface area contributed by atoms with E-state index in [1.807, 2.05) is 4.90 Å². The number of halogens is 2. The van der Waals surface area contributed by atoms with Gasteiger partial charge in [0, 0.05) is 27.8 Å². The minimum Gasteiger partial charge on any atom is -0.376 e. The Labute approximate surface area is 130 Å². The number of rotatable bonds is 3. The largest absolute Gasteiger partial charge is 0.376 e. The minimum absolute atomic E-state index is 0.126. The third-order valence-corrected chi connectivity index (χ3v) is 4.22. The molecule has 1 aromatic carbocycles. The normalized spacial score (nSPS) is 22.7. The van der Waals surface area contributed by atoms with E-state index in [1.54, 1.807) is 18.2 Å². The van der Waals surface area contributed by atoms with E-state index in [0.29, 0.717) is 22.1 Å². The second-order valence-electron chi connectivity index (χ2n) is 5.44. The number of hydrogen-bond acceptors (Lipinski definition) is 2. The molecular formula is C15H20Cl2N2O. The number of amides is 1. The van der Waals surface area contributed by atoms with Gasteiger partial charge in [-0.3, -0.25) is 4.79 Å². The van der Waals surface area contributed by atoms with Crippen LogP contribution in [0.5, 0.6) is 0 Å². The number of carbonyl (C=O) groups is 1. The fraction of sp³-hybridized carbons (Fsp3) is 0.533. The van der Waals surface area contributed by atoms with Crippen LogP contribution in [0.4, 0.5) is 5.69 Å². The Bertz CT molecular complexity index is 463. The van der Waals surface area contributed by atoms with E-state index in [9.17, 15) is 4.79 Å². The highest BCUT2D eigenvalue weighted by Crippen LogP contribution is 2.24. The van der Waals surface area contributed by atoms with Gasteiger partial charge in [-0.2, -0.15) is 0 Å². The van der Waals surface area contributed by atoms with Crippen LogP contribution in [-0.4, -0.2) is 29.4 Å². The van der Waals surface area contributed by atoms with E-state index in [2.05, 4.69) is 19.2 Å². The van der Waals surface area contributed by atoms with Gasteiger partial charge in [0.25, 0.3) is 0 Å². The zero-order chi connectivity index (χ0) is 14.7. The molecule has 2 rings (SSSR count). The van der Waals surface area contributed by atoms with Crippen molar-refractivity contribution in [1.29, 1.82) is 0 Å². The molecule has 0 radical (unpaired) electrons. The summed E-state index contributed by atoms with van der Waals surface area (Å²) < 4.78 is 0. The van der Waals surface area contributed by atoms with Crippen LogP contribution in [-0.2, 0) is 4.79 Å². The van der Waals surface area contributed by atoms with Gasteiger partial charge in [-0.1, -0.05) is 23.2 Å². The summed E-state index contributed by atoms with van der Waals surface area (Å²) in [7, 11) is 0. The first-order chi connectivity index (χ1) is 9.47. The van der Waals surface area contributed by atoms with Crippen LogP contribution in [0.2, 0.25) is 10.0 Å². The number of piperidine rings is 1. The molecule has 1 heterocycles. The topological polar surface area (TPSA) is 32.3 Å². The predicted octanol–water partition coefficient (Wildman–Crippen LogP) is 4.19. The van der Waals surface area contributed by atoms with Gasteiger partial charge >= 0.3 is 0 Å². The van der Waals surface area contributed by atoms with E-state index in [-0.39, 0.29) is 12.5 Å². The number of anilines is 1. The van der Waals surface area contributed by atoms with Crippen LogP contribution >= 0.6 is 23.2 Å². The second kappa shape index (κ2) is 6.68. The van der Waals surface area contributed by atoms with Crippen molar-refractivity contribution in [1.82, 2.24) is 4.90 Å². The lowest BCUT2D eigenvalue weighted by Gasteiger charge is -2.39. The highest BCUT2D eigenvalue weighted by atomic mass is 35.5. The molecule has 1 aliphatic heterocycles. The standard InChI is InChI=1S/C15H20Cl2N2O/c1-10-4-3-5-11(2)19(10)15(20)9-18-14-7-12(16)6-13(17)8-14/h6-8,10-11,18H,3-5,9H2,1-2H3. The molecule has 0 spiro atoms. The summed E-state index contributed by atoms with van der Waals surface area (Å²) in [5, 5.41) is 4.23. The number of benzene rings is 1. The Morgan fingerprint density at radius 1 is 1.20 bits per heavy atom. The molecule has 1 aliphatic rings. The van der Waals surface area contributed by atoms with E-state index < -0.39 is 0 Å². The van der Waals surface area contributed by atoms with Crippen molar-refractivity contribution in [2.75, 3.05) is 11.9 Å². The molecule has 5 heteroatoms. The number of hydrogen-bond donors (Lipinski definition) is 1. The maximum atomic E-state index is 12.4. The molecule has 1 saturated heterocycles. The SMILES string of the molecule is CC1CCCC(C)N1C(=O)CNc1cc(Cl)cc(Cl)c1. The first-order valence-corrected chi connectivity index (χ1v) is 7.74. The highest BCUT2D eigenvalue weighted by molar-refractivity contribution is 6.35. The Kier molecular flexibility index (Phi) is 5.17. The smallest absolute Gasteiger partial charge is 0.242 e. The molecule has 0 aliphatic carbocycles. The van der Waals surface area contributed by atoms with Crippen LogP contribution in [0.15, 0.2) is 18.2 Å². The van der Waals surface area contributed by atoms with Crippen molar-refractivity contribution in [3.05, 3.63) is 28.2 Å². The lowest BCUT2D eigenvalue weighted by atomic mass is 9.97. The van der Waals surface area contributed by atoms with Gasteiger partial charge in [0.05, 0.1) is 6.54 Å². The van der Waals surface area contributed by atoms with Gasteiger partial charge < -0.3 is 10.2 Å². The van der Waals surface area contributed by atoms with Crippen molar-refractivity contribution in [2.24, 2.45) is 0 Å². The zero-order valence-electron chi connectivity index (χ0n) is 11.8. The molecule has 1 amide bonds. The molecule has 20 heavy (non-hydrogen) atoms.